The highest BCUT2D eigenvalue weighted by Gasteiger charge is 2.25. The number of guanidine groups is 1. The van der Waals surface area contributed by atoms with E-state index >= 15 is 0 Å². The summed E-state index contributed by atoms with van der Waals surface area (Å²) in [5.74, 6) is 0.394. The quantitative estimate of drug-likeness (QED) is 0.315. The molecule has 1 atom stereocenters. The molecule has 1 saturated heterocycles. The van der Waals surface area contributed by atoms with Crippen molar-refractivity contribution in [2.75, 3.05) is 33.3 Å². The molecule has 0 aliphatic carbocycles. The maximum Gasteiger partial charge on any atom is 0.325 e. The molecule has 26 heavy (non-hydrogen) atoms. The van der Waals surface area contributed by atoms with Gasteiger partial charge in [0, 0.05) is 13.6 Å². The number of ether oxygens (including phenoxy) is 2. The van der Waals surface area contributed by atoms with Crippen molar-refractivity contribution in [1.29, 1.82) is 0 Å². The summed E-state index contributed by atoms with van der Waals surface area (Å²) in [7, 11) is 1.72. The van der Waals surface area contributed by atoms with Crippen LogP contribution in [0.25, 0.3) is 0 Å². The number of rotatable bonds is 3. The zero-order valence-electron chi connectivity index (χ0n) is 16.2. The molecule has 1 fully saturated rings. The Labute approximate surface area is 173 Å². The highest BCUT2D eigenvalue weighted by molar-refractivity contribution is 14.0. The fraction of sp³-hybridized carbons (Fsp3) is 0.579. The third-order valence-electron chi connectivity index (χ3n) is 3.92. The number of halogens is 1. The van der Waals surface area contributed by atoms with E-state index in [1.165, 1.54) is 11.1 Å². The predicted molar refractivity (Wildman–Crippen MR) is 114 cm³/mol. The van der Waals surface area contributed by atoms with Crippen LogP contribution in [0.2, 0.25) is 0 Å². The lowest BCUT2D eigenvalue weighted by Gasteiger charge is -2.35. The van der Waals surface area contributed by atoms with E-state index < -0.39 is 5.60 Å². The van der Waals surface area contributed by atoms with Crippen LogP contribution in [0, 0.1) is 6.92 Å². The van der Waals surface area contributed by atoms with Crippen molar-refractivity contribution in [1.82, 2.24) is 10.2 Å². The van der Waals surface area contributed by atoms with Gasteiger partial charge in [0.1, 0.15) is 18.2 Å². The van der Waals surface area contributed by atoms with Crippen molar-refractivity contribution in [2.45, 2.75) is 39.4 Å². The number of morpholine rings is 1. The van der Waals surface area contributed by atoms with E-state index in [-0.39, 0.29) is 42.6 Å². The van der Waals surface area contributed by atoms with Gasteiger partial charge in [0.05, 0.1) is 13.2 Å². The van der Waals surface area contributed by atoms with Crippen LogP contribution < -0.4 is 5.32 Å². The summed E-state index contributed by atoms with van der Waals surface area (Å²) in [5, 5.41) is 3.09. The number of hydrogen-bond acceptors (Lipinski definition) is 4. The molecular formula is C19H30IN3O3. The number of benzene rings is 1. The Morgan fingerprint density at radius 1 is 1.38 bits per heavy atom. The first-order valence-electron chi connectivity index (χ1n) is 8.65. The van der Waals surface area contributed by atoms with E-state index in [0.29, 0.717) is 19.1 Å². The maximum absolute atomic E-state index is 11.9. The number of aliphatic imine (C=N–C) groups is 1. The molecule has 0 amide bonds. The zero-order valence-corrected chi connectivity index (χ0v) is 18.6. The molecule has 1 heterocycles. The van der Waals surface area contributed by atoms with Crippen molar-refractivity contribution in [3.8, 4) is 0 Å². The normalized spacial score (nSPS) is 18.1. The van der Waals surface area contributed by atoms with Crippen molar-refractivity contribution < 1.29 is 14.3 Å². The lowest BCUT2D eigenvalue weighted by Crippen LogP contribution is -2.49. The minimum atomic E-state index is -0.489. The first kappa shape index (κ1) is 22.7. The van der Waals surface area contributed by atoms with Crippen molar-refractivity contribution >= 4 is 35.9 Å². The molecule has 0 spiro atoms. The first-order chi connectivity index (χ1) is 11.8. The zero-order chi connectivity index (χ0) is 18.4. The highest BCUT2D eigenvalue weighted by atomic mass is 127. The number of nitrogens with one attached hydrogen (secondary N) is 1. The van der Waals surface area contributed by atoms with E-state index in [4.69, 9.17) is 9.47 Å². The molecule has 1 aliphatic heterocycles. The molecule has 1 unspecified atom stereocenters. The largest absolute Gasteiger partial charge is 0.459 e. The Morgan fingerprint density at radius 3 is 2.69 bits per heavy atom. The molecule has 0 saturated carbocycles. The molecule has 1 N–H and O–H groups in total. The molecule has 6 nitrogen and oxygen atoms in total. The molecular weight excluding hydrogens is 445 g/mol. The average molecular weight is 475 g/mol. The van der Waals surface area contributed by atoms with Gasteiger partial charge in [0.25, 0.3) is 0 Å². The second kappa shape index (κ2) is 10.1. The molecule has 1 aromatic carbocycles. The van der Waals surface area contributed by atoms with Gasteiger partial charge in [-0.3, -0.25) is 9.79 Å². The molecule has 0 radical (unpaired) electrons. The third kappa shape index (κ3) is 6.75. The maximum atomic E-state index is 11.9. The Balaban J connectivity index is 0.00000338. The fourth-order valence-electron chi connectivity index (χ4n) is 2.84. The number of aryl methyl sites for hydroxylation is 1. The van der Waals surface area contributed by atoms with Crippen LogP contribution in [0.15, 0.2) is 29.3 Å². The van der Waals surface area contributed by atoms with Gasteiger partial charge in [-0.2, -0.15) is 0 Å². The Bertz CT molecular complexity index is 629. The van der Waals surface area contributed by atoms with Gasteiger partial charge in [0.2, 0.25) is 0 Å². The summed E-state index contributed by atoms with van der Waals surface area (Å²) in [6.45, 7) is 9.79. The monoisotopic (exact) mass is 475 g/mol. The Morgan fingerprint density at radius 2 is 2.08 bits per heavy atom. The molecule has 0 bridgehead atoms. The molecule has 1 aliphatic rings. The number of carbonyl (C=O) groups excluding carboxylic acids is 1. The van der Waals surface area contributed by atoms with Gasteiger partial charge in [-0.15, -0.1) is 24.0 Å². The summed E-state index contributed by atoms with van der Waals surface area (Å²) in [4.78, 5) is 18.3. The summed E-state index contributed by atoms with van der Waals surface area (Å²) < 4.78 is 11.3. The van der Waals surface area contributed by atoms with Gasteiger partial charge >= 0.3 is 5.97 Å². The average Bonchev–Trinajstić information content (AvgIpc) is 2.54. The predicted octanol–water partition coefficient (Wildman–Crippen LogP) is 2.90. The molecule has 2 rings (SSSR count). The number of nitrogens with zero attached hydrogens (tertiary/aromatic N) is 2. The number of esters is 1. The van der Waals surface area contributed by atoms with E-state index in [1.807, 2.05) is 32.9 Å². The number of hydrogen-bond donors (Lipinski definition) is 1. The second-order valence-corrected chi connectivity index (χ2v) is 7.15. The summed E-state index contributed by atoms with van der Waals surface area (Å²) in [6.07, 6.45) is -0.00460. The minimum Gasteiger partial charge on any atom is -0.459 e. The standard InChI is InChI=1S/C19H29N3O3.HI/c1-14-8-6-7-9-15(14)16-13-22(10-11-24-16)18(20-5)21-12-17(23)25-19(2,3)4;/h6-9,16H,10-13H2,1-5H3,(H,20,21);1H. The van der Waals surface area contributed by atoms with Crippen LogP contribution in [-0.4, -0.2) is 55.7 Å². The van der Waals surface area contributed by atoms with E-state index in [9.17, 15) is 4.79 Å². The summed E-state index contributed by atoms with van der Waals surface area (Å²) >= 11 is 0. The highest BCUT2D eigenvalue weighted by Crippen LogP contribution is 2.24. The summed E-state index contributed by atoms with van der Waals surface area (Å²) in [5.41, 5.74) is 1.91. The van der Waals surface area contributed by atoms with Gasteiger partial charge < -0.3 is 19.7 Å². The van der Waals surface area contributed by atoms with E-state index in [1.54, 1.807) is 7.05 Å². The minimum absolute atomic E-state index is 0. The number of carbonyl (C=O) groups is 1. The lowest BCUT2D eigenvalue weighted by molar-refractivity contribution is -0.153. The topological polar surface area (TPSA) is 63.2 Å². The molecule has 7 heteroatoms. The van der Waals surface area contributed by atoms with Crippen LogP contribution in [0.5, 0.6) is 0 Å². The van der Waals surface area contributed by atoms with Gasteiger partial charge in [-0.05, 0) is 38.8 Å². The van der Waals surface area contributed by atoms with E-state index in [0.717, 1.165) is 6.54 Å². The Kier molecular flexibility index (Phi) is 8.82. The van der Waals surface area contributed by atoms with Crippen molar-refractivity contribution in [3.63, 3.8) is 0 Å². The van der Waals surface area contributed by atoms with Crippen molar-refractivity contribution in [3.05, 3.63) is 35.4 Å². The summed E-state index contributed by atoms with van der Waals surface area (Å²) in [6, 6.07) is 8.24. The Hall–Kier alpha value is -1.35. The second-order valence-electron chi connectivity index (χ2n) is 7.15. The van der Waals surface area contributed by atoms with E-state index in [2.05, 4.69) is 34.3 Å². The molecule has 146 valence electrons. The third-order valence-corrected chi connectivity index (χ3v) is 3.92. The fourth-order valence-corrected chi connectivity index (χ4v) is 2.84. The lowest BCUT2D eigenvalue weighted by atomic mass is 10.0. The van der Waals surface area contributed by atoms with Crippen LogP contribution in [0.4, 0.5) is 0 Å². The van der Waals surface area contributed by atoms with Gasteiger partial charge in [0.15, 0.2) is 5.96 Å². The smallest absolute Gasteiger partial charge is 0.325 e. The van der Waals surface area contributed by atoms with Crippen molar-refractivity contribution in [2.24, 2.45) is 4.99 Å². The first-order valence-corrected chi connectivity index (χ1v) is 8.65. The van der Waals surface area contributed by atoms with Crippen LogP contribution in [-0.2, 0) is 14.3 Å². The van der Waals surface area contributed by atoms with Crippen LogP contribution in [0.3, 0.4) is 0 Å². The van der Waals surface area contributed by atoms with Crippen LogP contribution >= 0.6 is 24.0 Å². The molecule has 0 aromatic heterocycles. The SMILES string of the molecule is CN=C(NCC(=O)OC(C)(C)C)N1CCOC(c2ccccc2C)C1.I. The van der Waals surface area contributed by atoms with Gasteiger partial charge in [-0.1, -0.05) is 24.3 Å². The molecule has 1 aromatic rings. The van der Waals surface area contributed by atoms with Gasteiger partial charge in [-0.25, -0.2) is 0 Å². The van der Waals surface area contributed by atoms with Crippen LogP contribution in [0.1, 0.15) is 38.0 Å².